The summed E-state index contributed by atoms with van der Waals surface area (Å²) in [7, 11) is 0. The van der Waals surface area contributed by atoms with Gasteiger partial charge in [0.25, 0.3) is 0 Å². The average molecular weight is 310 g/mol. The first-order valence-electron chi connectivity index (χ1n) is 6.70. The van der Waals surface area contributed by atoms with Crippen molar-refractivity contribution in [3.8, 4) is 0 Å². The maximum atomic E-state index is 11.9. The number of rotatable bonds is 5. The van der Waals surface area contributed by atoms with Gasteiger partial charge < -0.3 is 4.90 Å². The maximum Gasteiger partial charge on any atom is 0.227 e. The van der Waals surface area contributed by atoms with Gasteiger partial charge in [0.05, 0.1) is 0 Å². The summed E-state index contributed by atoms with van der Waals surface area (Å²) in [5, 5.41) is 0.907. The van der Waals surface area contributed by atoms with Crippen LogP contribution in [0.3, 0.4) is 0 Å². The first-order valence-corrected chi connectivity index (χ1v) is 7.82. The van der Waals surface area contributed by atoms with Crippen LogP contribution in [0, 0.1) is 5.92 Å². The largest absolute Gasteiger partial charge is 0.312 e. The highest BCUT2D eigenvalue weighted by molar-refractivity contribution is 9.09. The molecule has 0 spiro atoms. The topological polar surface area (TPSA) is 20.3 Å². The van der Waals surface area contributed by atoms with Crippen LogP contribution in [0.25, 0.3) is 0 Å². The number of nitrogens with zero attached hydrogens (tertiary/aromatic N) is 1. The Morgan fingerprint density at radius 2 is 2.06 bits per heavy atom. The van der Waals surface area contributed by atoms with Crippen LogP contribution >= 0.6 is 15.9 Å². The number of unbranched alkanes of at least 4 members (excludes halogenated alkanes) is 1. The molecule has 1 amide bonds. The molecule has 2 rings (SSSR count). The lowest BCUT2D eigenvalue weighted by Crippen LogP contribution is -2.24. The number of benzene rings is 1. The first kappa shape index (κ1) is 13.6. The highest BCUT2D eigenvalue weighted by Gasteiger charge is 2.29. The van der Waals surface area contributed by atoms with Crippen LogP contribution in [-0.4, -0.2) is 17.8 Å². The number of hydrogen-bond donors (Lipinski definition) is 0. The van der Waals surface area contributed by atoms with E-state index in [-0.39, 0.29) is 5.91 Å². The lowest BCUT2D eigenvalue weighted by molar-refractivity contribution is -0.117. The fourth-order valence-corrected chi connectivity index (χ4v) is 2.79. The first-order chi connectivity index (χ1) is 8.74. The van der Waals surface area contributed by atoms with Crippen LogP contribution in [-0.2, 0) is 11.2 Å². The van der Waals surface area contributed by atoms with E-state index in [0.29, 0.717) is 12.3 Å². The zero-order valence-electron chi connectivity index (χ0n) is 10.9. The van der Waals surface area contributed by atoms with Crippen molar-refractivity contribution < 1.29 is 4.79 Å². The molecule has 18 heavy (non-hydrogen) atoms. The molecule has 1 aromatic carbocycles. The molecule has 98 valence electrons. The second kappa shape index (κ2) is 6.37. The van der Waals surface area contributed by atoms with Crippen molar-refractivity contribution in [2.45, 2.75) is 32.6 Å². The molecule has 0 N–H and O–H groups in total. The van der Waals surface area contributed by atoms with Gasteiger partial charge in [0, 0.05) is 24.0 Å². The highest BCUT2D eigenvalue weighted by atomic mass is 79.9. The van der Waals surface area contributed by atoms with Gasteiger partial charge in [-0.3, -0.25) is 4.79 Å². The summed E-state index contributed by atoms with van der Waals surface area (Å²) in [4.78, 5) is 13.8. The van der Waals surface area contributed by atoms with Crippen LogP contribution in [0.5, 0.6) is 0 Å². The Bertz CT molecular complexity index is 401. The molecule has 1 atom stereocenters. The summed E-state index contributed by atoms with van der Waals surface area (Å²) >= 11 is 3.46. The standard InChI is InChI=1S/C15H20BrNO/c1-2-3-4-12-5-7-14(8-6-12)17-11-13(10-16)9-15(17)18/h5-8,13H,2-4,9-11H2,1H3. The Balaban J connectivity index is 2.03. The fourth-order valence-electron chi connectivity index (χ4n) is 2.36. The molecule has 1 aliphatic heterocycles. The van der Waals surface area contributed by atoms with Gasteiger partial charge in [-0.1, -0.05) is 41.4 Å². The number of carbonyl (C=O) groups is 1. The van der Waals surface area contributed by atoms with Gasteiger partial charge in [-0.2, -0.15) is 0 Å². The van der Waals surface area contributed by atoms with Gasteiger partial charge >= 0.3 is 0 Å². The molecule has 3 heteroatoms. The minimum Gasteiger partial charge on any atom is -0.312 e. The van der Waals surface area contributed by atoms with E-state index in [9.17, 15) is 4.79 Å². The predicted molar refractivity (Wildman–Crippen MR) is 79.3 cm³/mol. The minimum atomic E-state index is 0.251. The summed E-state index contributed by atoms with van der Waals surface area (Å²) in [6, 6.07) is 8.47. The smallest absolute Gasteiger partial charge is 0.227 e. The molecule has 0 aromatic heterocycles. The summed E-state index contributed by atoms with van der Waals surface area (Å²) in [6.45, 7) is 3.05. The lowest BCUT2D eigenvalue weighted by atomic mass is 10.1. The molecule has 0 bridgehead atoms. The predicted octanol–water partition coefficient (Wildman–Crippen LogP) is 3.78. The third-order valence-corrected chi connectivity index (χ3v) is 4.41. The highest BCUT2D eigenvalue weighted by Crippen LogP contribution is 2.26. The maximum absolute atomic E-state index is 11.9. The molecule has 1 aromatic rings. The number of amides is 1. The van der Waals surface area contributed by atoms with E-state index < -0.39 is 0 Å². The van der Waals surface area contributed by atoms with E-state index >= 15 is 0 Å². The van der Waals surface area contributed by atoms with Crippen molar-refractivity contribution in [2.24, 2.45) is 5.92 Å². The normalized spacial score (nSPS) is 19.6. The number of alkyl halides is 1. The SMILES string of the molecule is CCCCc1ccc(N2CC(CBr)CC2=O)cc1. The van der Waals surface area contributed by atoms with Crippen molar-refractivity contribution in [1.29, 1.82) is 0 Å². The molecular formula is C15H20BrNO. The van der Waals surface area contributed by atoms with Crippen molar-refractivity contribution in [2.75, 3.05) is 16.8 Å². The zero-order chi connectivity index (χ0) is 13.0. The van der Waals surface area contributed by atoms with E-state index in [0.717, 1.165) is 24.0 Å². The van der Waals surface area contributed by atoms with E-state index in [1.54, 1.807) is 0 Å². The van der Waals surface area contributed by atoms with Gasteiger partial charge in [0.15, 0.2) is 0 Å². The van der Waals surface area contributed by atoms with Crippen LogP contribution < -0.4 is 4.90 Å². The Morgan fingerprint density at radius 3 is 2.61 bits per heavy atom. The lowest BCUT2D eigenvalue weighted by Gasteiger charge is -2.16. The van der Waals surface area contributed by atoms with Crippen LogP contribution in [0.2, 0.25) is 0 Å². The quantitative estimate of drug-likeness (QED) is 0.758. The molecular weight excluding hydrogens is 290 g/mol. The van der Waals surface area contributed by atoms with Crippen molar-refractivity contribution >= 4 is 27.5 Å². The van der Waals surface area contributed by atoms with Gasteiger partial charge in [0.1, 0.15) is 0 Å². The monoisotopic (exact) mass is 309 g/mol. The Kier molecular flexibility index (Phi) is 4.81. The molecule has 1 unspecified atom stereocenters. The minimum absolute atomic E-state index is 0.251. The van der Waals surface area contributed by atoms with Crippen LogP contribution in [0.4, 0.5) is 5.69 Å². The second-order valence-electron chi connectivity index (χ2n) is 5.00. The third-order valence-electron chi connectivity index (χ3n) is 3.49. The Hall–Kier alpha value is -0.830. The number of aryl methyl sites for hydroxylation is 1. The Morgan fingerprint density at radius 1 is 1.33 bits per heavy atom. The van der Waals surface area contributed by atoms with E-state index in [1.807, 2.05) is 4.90 Å². The van der Waals surface area contributed by atoms with E-state index in [2.05, 4.69) is 47.1 Å². The summed E-state index contributed by atoms with van der Waals surface area (Å²) in [6.07, 6.45) is 4.25. The summed E-state index contributed by atoms with van der Waals surface area (Å²) < 4.78 is 0. The molecule has 0 radical (unpaired) electrons. The third kappa shape index (κ3) is 3.14. The molecule has 1 heterocycles. The molecule has 1 aliphatic rings. The van der Waals surface area contributed by atoms with Crippen LogP contribution in [0.15, 0.2) is 24.3 Å². The number of carbonyl (C=O) groups excluding carboxylic acids is 1. The zero-order valence-corrected chi connectivity index (χ0v) is 12.4. The van der Waals surface area contributed by atoms with Gasteiger partial charge in [-0.05, 0) is 36.5 Å². The van der Waals surface area contributed by atoms with Crippen molar-refractivity contribution in [3.05, 3.63) is 29.8 Å². The second-order valence-corrected chi connectivity index (χ2v) is 5.65. The number of anilines is 1. The summed E-state index contributed by atoms with van der Waals surface area (Å²) in [5.41, 5.74) is 2.41. The summed E-state index contributed by atoms with van der Waals surface area (Å²) in [5.74, 6) is 0.707. The van der Waals surface area contributed by atoms with Crippen molar-refractivity contribution in [3.63, 3.8) is 0 Å². The van der Waals surface area contributed by atoms with E-state index in [1.165, 1.54) is 18.4 Å². The molecule has 2 nitrogen and oxygen atoms in total. The molecule has 0 aliphatic carbocycles. The number of halogens is 1. The van der Waals surface area contributed by atoms with Gasteiger partial charge in [-0.15, -0.1) is 0 Å². The molecule has 1 fully saturated rings. The van der Waals surface area contributed by atoms with Crippen LogP contribution in [0.1, 0.15) is 31.7 Å². The van der Waals surface area contributed by atoms with Gasteiger partial charge in [0.2, 0.25) is 5.91 Å². The van der Waals surface area contributed by atoms with Crippen molar-refractivity contribution in [1.82, 2.24) is 0 Å². The molecule has 0 saturated carbocycles. The van der Waals surface area contributed by atoms with E-state index in [4.69, 9.17) is 0 Å². The average Bonchev–Trinajstić information content (AvgIpc) is 2.78. The van der Waals surface area contributed by atoms with Gasteiger partial charge in [-0.25, -0.2) is 0 Å². The Labute approximate surface area is 117 Å². The fraction of sp³-hybridized carbons (Fsp3) is 0.533. The number of hydrogen-bond acceptors (Lipinski definition) is 1. The molecule has 1 saturated heterocycles.